The number of likely N-dealkylation sites (N-methyl/N-ethyl adjacent to an activating group) is 1. The van der Waals surface area contributed by atoms with Crippen LogP contribution >= 0.6 is 22.9 Å². The number of thiazole rings is 1. The summed E-state index contributed by atoms with van der Waals surface area (Å²) in [4.78, 5) is 38.5. The third-order valence-electron chi connectivity index (χ3n) is 6.42. The Kier molecular flexibility index (Phi) is 5.58. The standard InChI is InChI=1S/C26H18ClFN4O4S/c1-31-8-9-36-19-3-2-14(10-18(19)31)23(33)21-22(13-4-6-29-7-5-13)32(25(35)24(21)34)26-30-17-11-15(27)16(28)12-20(17)37-26/h2-7,10-12,22,33H,8-9H2,1H3/b23-21+. The Morgan fingerprint density at radius 1 is 1.19 bits per heavy atom. The number of aliphatic hydroxyl groups is 1. The average Bonchev–Trinajstić information content (AvgIpc) is 3.41. The van der Waals surface area contributed by atoms with Crippen LogP contribution in [0.5, 0.6) is 5.75 Å². The van der Waals surface area contributed by atoms with Crippen LogP contribution in [-0.2, 0) is 9.59 Å². The van der Waals surface area contributed by atoms with Crippen LogP contribution in [0.2, 0.25) is 5.02 Å². The molecule has 1 N–H and O–H groups in total. The summed E-state index contributed by atoms with van der Waals surface area (Å²) in [5, 5.41) is 11.5. The lowest BCUT2D eigenvalue weighted by Crippen LogP contribution is -2.29. The molecule has 2 aromatic carbocycles. The number of hydrogen-bond donors (Lipinski definition) is 1. The first kappa shape index (κ1) is 23.4. The van der Waals surface area contributed by atoms with E-state index < -0.39 is 23.5 Å². The van der Waals surface area contributed by atoms with Crippen molar-refractivity contribution in [1.29, 1.82) is 0 Å². The molecular weight excluding hydrogens is 519 g/mol. The summed E-state index contributed by atoms with van der Waals surface area (Å²) < 4.78 is 20.2. The fourth-order valence-corrected chi connectivity index (χ4v) is 5.72. The van der Waals surface area contributed by atoms with E-state index in [1.54, 1.807) is 30.3 Å². The summed E-state index contributed by atoms with van der Waals surface area (Å²) in [5.74, 6) is -1.98. The van der Waals surface area contributed by atoms with Gasteiger partial charge in [0.05, 0.1) is 39.1 Å². The van der Waals surface area contributed by atoms with Gasteiger partial charge >= 0.3 is 5.91 Å². The zero-order valence-electron chi connectivity index (χ0n) is 19.3. The maximum absolute atomic E-state index is 14.1. The van der Waals surface area contributed by atoms with Crippen molar-refractivity contribution in [2.24, 2.45) is 0 Å². The molecule has 6 rings (SSSR count). The molecule has 1 amide bonds. The molecule has 2 aliphatic heterocycles. The minimum atomic E-state index is -0.978. The highest BCUT2D eigenvalue weighted by Gasteiger charge is 2.48. The van der Waals surface area contributed by atoms with Crippen molar-refractivity contribution in [1.82, 2.24) is 9.97 Å². The van der Waals surface area contributed by atoms with E-state index in [9.17, 15) is 19.1 Å². The van der Waals surface area contributed by atoms with E-state index in [1.807, 2.05) is 11.9 Å². The number of fused-ring (bicyclic) bond motifs is 2. The molecule has 1 atom stereocenters. The molecule has 0 aliphatic carbocycles. The maximum Gasteiger partial charge on any atom is 0.301 e. The summed E-state index contributed by atoms with van der Waals surface area (Å²) in [6.07, 6.45) is 3.07. The number of rotatable bonds is 3. The van der Waals surface area contributed by atoms with E-state index in [1.165, 1.54) is 29.4 Å². The molecule has 8 nitrogen and oxygen atoms in total. The quantitative estimate of drug-likeness (QED) is 0.225. The van der Waals surface area contributed by atoms with Gasteiger partial charge in [-0.2, -0.15) is 0 Å². The van der Waals surface area contributed by atoms with Crippen molar-refractivity contribution in [3.63, 3.8) is 0 Å². The zero-order chi connectivity index (χ0) is 25.8. The molecule has 2 aliphatic rings. The average molecular weight is 537 g/mol. The van der Waals surface area contributed by atoms with Crippen LogP contribution in [0.3, 0.4) is 0 Å². The molecule has 37 heavy (non-hydrogen) atoms. The van der Waals surface area contributed by atoms with Gasteiger partial charge in [-0.25, -0.2) is 9.37 Å². The Morgan fingerprint density at radius 2 is 1.97 bits per heavy atom. The van der Waals surface area contributed by atoms with Gasteiger partial charge in [0.1, 0.15) is 23.9 Å². The summed E-state index contributed by atoms with van der Waals surface area (Å²) in [6, 6.07) is 10.1. The fraction of sp³-hybridized carbons (Fsp3) is 0.154. The SMILES string of the molecule is CN1CCOc2ccc(/C(O)=C3\C(=O)C(=O)N(c4nc5cc(Cl)c(F)cc5s4)C3c3ccncc3)cc21. The van der Waals surface area contributed by atoms with Gasteiger partial charge in [-0.3, -0.25) is 19.5 Å². The van der Waals surface area contributed by atoms with Gasteiger partial charge < -0.3 is 14.7 Å². The minimum absolute atomic E-state index is 0.0843. The number of hydrogen-bond acceptors (Lipinski definition) is 8. The van der Waals surface area contributed by atoms with Crippen LogP contribution in [0.4, 0.5) is 15.2 Å². The van der Waals surface area contributed by atoms with Crippen LogP contribution in [0.25, 0.3) is 16.0 Å². The van der Waals surface area contributed by atoms with Gasteiger partial charge in [-0.1, -0.05) is 22.9 Å². The molecule has 1 saturated heterocycles. The molecule has 2 aromatic heterocycles. The first-order valence-electron chi connectivity index (χ1n) is 11.3. The van der Waals surface area contributed by atoms with Crippen LogP contribution in [0, 0.1) is 5.82 Å². The number of amides is 1. The van der Waals surface area contributed by atoms with E-state index >= 15 is 0 Å². The lowest BCUT2D eigenvalue weighted by Gasteiger charge is -2.28. The monoisotopic (exact) mass is 536 g/mol. The van der Waals surface area contributed by atoms with E-state index in [2.05, 4.69) is 9.97 Å². The predicted molar refractivity (Wildman–Crippen MR) is 139 cm³/mol. The number of anilines is 2. The molecule has 0 radical (unpaired) electrons. The highest BCUT2D eigenvalue weighted by molar-refractivity contribution is 7.22. The first-order valence-corrected chi connectivity index (χ1v) is 12.5. The molecule has 11 heteroatoms. The largest absolute Gasteiger partial charge is 0.507 e. The number of carbonyl (C=O) groups excluding carboxylic acids is 2. The van der Waals surface area contributed by atoms with Gasteiger partial charge in [0.15, 0.2) is 5.13 Å². The second kappa shape index (κ2) is 8.82. The van der Waals surface area contributed by atoms with Crippen LogP contribution in [0.1, 0.15) is 17.2 Å². The third kappa shape index (κ3) is 3.80. The summed E-state index contributed by atoms with van der Waals surface area (Å²) >= 11 is 6.97. The smallest absolute Gasteiger partial charge is 0.301 e. The highest BCUT2D eigenvalue weighted by atomic mass is 35.5. The fourth-order valence-electron chi connectivity index (χ4n) is 4.56. The Balaban J connectivity index is 1.53. The van der Waals surface area contributed by atoms with Crippen LogP contribution < -0.4 is 14.5 Å². The second-order valence-electron chi connectivity index (χ2n) is 8.63. The second-order valence-corrected chi connectivity index (χ2v) is 10.0. The number of Topliss-reactive ketones (excluding diaryl/α,β-unsaturated/α-hetero) is 1. The van der Waals surface area contributed by atoms with E-state index in [0.29, 0.717) is 40.2 Å². The Bertz CT molecular complexity index is 1580. The third-order valence-corrected chi connectivity index (χ3v) is 7.73. The number of ketones is 1. The highest BCUT2D eigenvalue weighted by Crippen LogP contribution is 2.45. The number of aliphatic hydroxyl groups excluding tert-OH is 1. The van der Waals surface area contributed by atoms with Gasteiger partial charge in [0, 0.05) is 25.0 Å². The number of carbonyl (C=O) groups is 2. The molecule has 1 fully saturated rings. The number of nitrogens with zero attached hydrogens (tertiary/aromatic N) is 4. The van der Waals surface area contributed by atoms with Gasteiger partial charge in [-0.15, -0.1) is 0 Å². The van der Waals surface area contributed by atoms with Crippen molar-refractivity contribution >= 4 is 61.4 Å². The maximum atomic E-state index is 14.1. The van der Waals surface area contributed by atoms with Crippen molar-refractivity contribution < 1.29 is 23.8 Å². The van der Waals surface area contributed by atoms with E-state index in [4.69, 9.17) is 16.3 Å². The topological polar surface area (TPSA) is 95.9 Å². The molecule has 0 spiro atoms. The van der Waals surface area contributed by atoms with E-state index in [-0.39, 0.29) is 21.5 Å². The molecule has 4 aromatic rings. The number of aromatic nitrogens is 2. The summed E-state index contributed by atoms with van der Waals surface area (Å²) in [5.41, 5.74) is 1.98. The molecule has 0 bridgehead atoms. The molecule has 0 saturated carbocycles. The van der Waals surface area contributed by atoms with Gasteiger partial charge in [0.25, 0.3) is 5.78 Å². The lowest BCUT2D eigenvalue weighted by molar-refractivity contribution is -0.132. The Hall–Kier alpha value is -4.02. The predicted octanol–water partition coefficient (Wildman–Crippen LogP) is 4.94. The lowest BCUT2D eigenvalue weighted by atomic mass is 9.95. The first-order chi connectivity index (χ1) is 17.8. The molecule has 4 heterocycles. The zero-order valence-corrected chi connectivity index (χ0v) is 20.9. The van der Waals surface area contributed by atoms with Crippen LogP contribution in [0.15, 0.2) is 60.4 Å². The number of ether oxygens (including phenoxy) is 1. The molecule has 1 unspecified atom stereocenters. The van der Waals surface area contributed by atoms with Crippen molar-refractivity contribution in [3.8, 4) is 5.75 Å². The number of halogens is 2. The normalized spacial score (nSPS) is 18.8. The van der Waals surface area contributed by atoms with E-state index in [0.717, 1.165) is 17.0 Å². The van der Waals surface area contributed by atoms with Crippen LogP contribution in [-0.4, -0.2) is 47.0 Å². The van der Waals surface area contributed by atoms with Crippen molar-refractivity contribution in [2.75, 3.05) is 30.0 Å². The number of pyridine rings is 1. The minimum Gasteiger partial charge on any atom is -0.507 e. The molecular formula is C26H18ClFN4O4S. The van der Waals surface area contributed by atoms with Crippen molar-refractivity contribution in [3.05, 3.63) is 82.4 Å². The Morgan fingerprint density at radius 3 is 2.76 bits per heavy atom. The van der Waals surface area contributed by atoms with Gasteiger partial charge in [0.2, 0.25) is 0 Å². The summed E-state index contributed by atoms with van der Waals surface area (Å²) in [7, 11) is 1.91. The van der Waals surface area contributed by atoms with Crippen molar-refractivity contribution in [2.45, 2.75) is 6.04 Å². The summed E-state index contributed by atoms with van der Waals surface area (Å²) in [6.45, 7) is 1.21. The number of benzene rings is 2. The molecule has 186 valence electrons. The van der Waals surface area contributed by atoms with Gasteiger partial charge in [-0.05, 0) is 48.0 Å². The Labute approximate surface area is 219 Å².